The number of amides is 2. The predicted molar refractivity (Wildman–Crippen MR) is 90.5 cm³/mol. The van der Waals surface area contributed by atoms with Crippen LogP contribution >= 0.6 is 0 Å². The normalized spacial score (nSPS) is 17.0. The molecule has 4 nitrogen and oxygen atoms in total. The van der Waals surface area contributed by atoms with Crippen LogP contribution in [0.4, 0.5) is 14.5 Å². The average Bonchev–Trinajstić information content (AvgIpc) is 2.89. The van der Waals surface area contributed by atoms with Crippen LogP contribution in [-0.4, -0.2) is 24.4 Å². The van der Waals surface area contributed by atoms with Crippen LogP contribution in [0.3, 0.4) is 0 Å². The van der Waals surface area contributed by atoms with Gasteiger partial charge in [0.25, 0.3) is 5.91 Å². The zero-order valence-electron chi connectivity index (χ0n) is 14.0. The fourth-order valence-corrected chi connectivity index (χ4v) is 3.08. The maximum absolute atomic E-state index is 13.7. The van der Waals surface area contributed by atoms with Crippen LogP contribution < -0.4 is 10.2 Å². The number of benzene rings is 2. The second-order valence-electron chi connectivity index (χ2n) is 6.27. The largest absolute Gasteiger partial charge is 0.340 e. The molecule has 2 aromatic rings. The molecule has 1 aliphatic heterocycles. The molecule has 1 aliphatic rings. The van der Waals surface area contributed by atoms with Crippen molar-refractivity contribution in [3.05, 3.63) is 64.7 Å². The Morgan fingerprint density at radius 3 is 2.48 bits per heavy atom. The van der Waals surface area contributed by atoms with Crippen molar-refractivity contribution in [2.45, 2.75) is 26.3 Å². The van der Waals surface area contributed by atoms with E-state index in [1.807, 2.05) is 32.0 Å². The van der Waals surface area contributed by atoms with Gasteiger partial charge in [0, 0.05) is 12.2 Å². The number of hydrogen-bond donors (Lipinski definition) is 1. The van der Waals surface area contributed by atoms with Gasteiger partial charge in [0.15, 0.2) is 0 Å². The first-order valence-electron chi connectivity index (χ1n) is 8.01. The van der Waals surface area contributed by atoms with E-state index in [0.717, 1.165) is 35.0 Å². The van der Waals surface area contributed by atoms with Gasteiger partial charge in [-0.15, -0.1) is 0 Å². The molecule has 2 aromatic carbocycles. The van der Waals surface area contributed by atoms with Gasteiger partial charge in [0.05, 0.1) is 5.56 Å². The molecule has 0 aromatic heterocycles. The molecule has 0 radical (unpaired) electrons. The highest BCUT2D eigenvalue weighted by atomic mass is 19.1. The first kappa shape index (κ1) is 17.1. The fourth-order valence-electron chi connectivity index (χ4n) is 3.08. The molecular formula is C19H18F2N2O2. The summed E-state index contributed by atoms with van der Waals surface area (Å²) in [7, 11) is 0. The number of carbonyl (C=O) groups excluding carboxylic acids is 2. The quantitative estimate of drug-likeness (QED) is 0.930. The van der Waals surface area contributed by atoms with Gasteiger partial charge in [0.2, 0.25) is 5.91 Å². The molecule has 0 bridgehead atoms. The van der Waals surface area contributed by atoms with Gasteiger partial charge in [-0.1, -0.05) is 6.07 Å². The molecule has 130 valence electrons. The van der Waals surface area contributed by atoms with E-state index in [0.29, 0.717) is 13.0 Å². The molecule has 1 saturated heterocycles. The van der Waals surface area contributed by atoms with Gasteiger partial charge in [-0.3, -0.25) is 9.59 Å². The summed E-state index contributed by atoms with van der Waals surface area (Å²) in [5.74, 6) is -2.58. The predicted octanol–water partition coefficient (Wildman–Crippen LogP) is 3.12. The molecule has 0 saturated carbocycles. The van der Waals surface area contributed by atoms with Crippen molar-refractivity contribution < 1.29 is 18.4 Å². The molecular weight excluding hydrogens is 326 g/mol. The van der Waals surface area contributed by atoms with Crippen molar-refractivity contribution in [3.63, 3.8) is 0 Å². The molecule has 1 atom stereocenters. The first-order valence-corrected chi connectivity index (χ1v) is 8.01. The van der Waals surface area contributed by atoms with E-state index in [9.17, 15) is 18.4 Å². The Balaban J connectivity index is 1.76. The van der Waals surface area contributed by atoms with Crippen LogP contribution in [0.2, 0.25) is 0 Å². The summed E-state index contributed by atoms with van der Waals surface area (Å²) >= 11 is 0. The summed E-state index contributed by atoms with van der Waals surface area (Å²) < 4.78 is 26.9. The van der Waals surface area contributed by atoms with Crippen LogP contribution in [0, 0.1) is 25.5 Å². The second-order valence-corrected chi connectivity index (χ2v) is 6.27. The number of nitrogens with zero attached hydrogens (tertiary/aromatic N) is 1. The standard InChI is InChI=1S/C19H18F2N2O2/c1-11-7-12(2)9-14(8-11)23-6-5-17(19(23)25)22-18(24)15-10-13(20)3-4-16(15)21/h3-4,7-10,17H,5-6H2,1-2H3,(H,22,24). The van der Waals surface area contributed by atoms with Gasteiger partial charge >= 0.3 is 0 Å². The van der Waals surface area contributed by atoms with Crippen molar-refractivity contribution in [1.29, 1.82) is 0 Å². The Hall–Kier alpha value is -2.76. The summed E-state index contributed by atoms with van der Waals surface area (Å²) in [6, 6.07) is 7.72. The van der Waals surface area contributed by atoms with Crippen LogP contribution in [0.25, 0.3) is 0 Å². The van der Waals surface area contributed by atoms with E-state index in [1.54, 1.807) is 4.90 Å². The van der Waals surface area contributed by atoms with Gasteiger partial charge in [-0.2, -0.15) is 0 Å². The number of aryl methyl sites for hydroxylation is 2. The Bertz CT molecular complexity index is 831. The van der Waals surface area contributed by atoms with E-state index in [2.05, 4.69) is 5.32 Å². The minimum atomic E-state index is -0.824. The smallest absolute Gasteiger partial charge is 0.255 e. The van der Waals surface area contributed by atoms with E-state index in [1.165, 1.54) is 0 Å². The number of halogens is 2. The topological polar surface area (TPSA) is 49.4 Å². The third-order valence-corrected chi connectivity index (χ3v) is 4.20. The van der Waals surface area contributed by atoms with E-state index >= 15 is 0 Å². The minimum absolute atomic E-state index is 0.254. The maximum atomic E-state index is 13.7. The van der Waals surface area contributed by atoms with E-state index in [4.69, 9.17) is 0 Å². The van der Waals surface area contributed by atoms with Gasteiger partial charge in [0.1, 0.15) is 17.7 Å². The SMILES string of the molecule is Cc1cc(C)cc(N2CCC(NC(=O)c3cc(F)ccc3F)C2=O)c1. The molecule has 0 spiro atoms. The molecule has 6 heteroatoms. The van der Waals surface area contributed by atoms with Crippen molar-refractivity contribution in [2.75, 3.05) is 11.4 Å². The van der Waals surface area contributed by atoms with Crippen molar-refractivity contribution in [3.8, 4) is 0 Å². The summed E-state index contributed by atoms with van der Waals surface area (Å²) in [5, 5.41) is 2.51. The highest BCUT2D eigenvalue weighted by Gasteiger charge is 2.34. The molecule has 25 heavy (non-hydrogen) atoms. The molecule has 0 aliphatic carbocycles. The monoisotopic (exact) mass is 344 g/mol. The van der Waals surface area contributed by atoms with Crippen LogP contribution in [-0.2, 0) is 4.79 Å². The van der Waals surface area contributed by atoms with Gasteiger partial charge < -0.3 is 10.2 Å². The zero-order chi connectivity index (χ0) is 18.1. The Labute approximate surface area is 144 Å². The lowest BCUT2D eigenvalue weighted by Crippen LogP contribution is -2.41. The van der Waals surface area contributed by atoms with E-state index < -0.39 is 29.1 Å². The number of nitrogens with one attached hydrogen (secondary N) is 1. The summed E-state index contributed by atoms with van der Waals surface area (Å²) in [6.07, 6.45) is 0.411. The summed E-state index contributed by atoms with van der Waals surface area (Å²) in [5.41, 5.74) is 2.45. The lowest BCUT2D eigenvalue weighted by atomic mass is 10.1. The Kier molecular flexibility index (Phi) is 4.53. The number of carbonyl (C=O) groups is 2. The fraction of sp³-hybridized carbons (Fsp3) is 0.263. The van der Waals surface area contributed by atoms with Gasteiger partial charge in [-0.05, 0) is 61.7 Å². The molecule has 2 amide bonds. The lowest BCUT2D eigenvalue weighted by Gasteiger charge is -2.18. The number of anilines is 1. The molecule has 3 rings (SSSR count). The summed E-state index contributed by atoms with van der Waals surface area (Å²) in [4.78, 5) is 26.4. The Morgan fingerprint density at radius 1 is 1.12 bits per heavy atom. The van der Waals surface area contributed by atoms with Gasteiger partial charge in [-0.25, -0.2) is 8.78 Å². The van der Waals surface area contributed by atoms with Crippen molar-refractivity contribution >= 4 is 17.5 Å². The number of rotatable bonds is 3. The number of hydrogen-bond acceptors (Lipinski definition) is 2. The summed E-state index contributed by atoms with van der Waals surface area (Å²) in [6.45, 7) is 4.35. The van der Waals surface area contributed by atoms with Crippen molar-refractivity contribution in [1.82, 2.24) is 5.32 Å². The first-order chi connectivity index (χ1) is 11.8. The van der Waals surface area contributed by atoms with Crippen LogP contribution in [0.1, 0.15) is 27.9 Å². The minimum Gasteiger partial charge on any atom is -0.340 e. The third kappa shape index (κ3) is 3.52. The zero-order valence-corrected chi connectivity index (χ0v) is 14.0. The molecule has 1 N–H and O–H groups in total. The Morgan fingerprint density at radius 2 is 1.80 bits per heavy atom. The highest BCUT2D eigenvalue weighted by Crippen LogP contribution is 2.24. The highest BCUT2D eigenvalue weighted by molar-refractivity contribution is 6.04. The second kappa shape index (κ2) is 6.63. The molecule has 1 unspecified atom stereocenters. The molecule has 1 fully saturated rings. The van der Waals surface area contributed by atoms with E-state index in [-0.39, 0.29) is 5.91 Å². The van der Waals surface area contributed by atoms with Crippen molar-refractivity contribution in [2.24, 2.45) is 0 Å². The van der Waals surface area contributed by atoms with Crippen LogP contribution in [0.5, 0.6) is 0 Å². The van der Waals surface area contributed by atoms with Crippen LogP contribution in [0.15, 0.2) is 36.4 Å². The third-order valence-electron chi connectivity index (χ3n) is 4.20. The lowest BCUT2D eigenvalue weighted by molar-refractivity contribution is -0.118. The maximum Gasteiger partial charge on any atom is 0.255 e. The average molecular weight is 344 g/mol. The molecule has 1 heterocycles.